The zero-order valence-electron chi connectivity index (χ0n) is 16.8. The molecule has 0 saturated heterocycles. The number of benzene rings is 3. The van der Waals surface area contributed by atoms with Gasteiger partial charge in [0.1, 0.15) is 0 Å². The molecular weight excluding hydrogens is 419 g/mol. The first kappa shape index (κ1) is 22.4. The van der Waals surface area contributed by atoms with Crippen LogP contribution >= 0.6 is 7.60 Å². The van der Waals surface area contributed by atoms with E-state index in [1.54, 1.807) is 48.5 Å². The summed E-state index contributed by atoms with van der Waals surface area (Å²) in [6.45, 7) is -0.219. The van der Waals surface area contributed by atoms with Gasteiger partial charge in [-0.05, 0) is 23.3 Å². The third-order valence-electron chi connectivity index (χ3n) is 4.43. The van der Waals surface area contributed by atoms with Gasteiger partial charge in [-0.3, -0.25) is 4.57 Å². The lowest BCUT2D eigenvalue weighted by Crippen LogP contribution is -2.26. The van der Waals surface area contributed by atoms with Crippen LogP contribution in [0.5, 0.6) is 0 Å². The van der Waals surface area contributed by atoms with Crippen LogP contribution in [-0.2, 0) is 31.6 Å². The van der Waals surface area contributed by atoms with Gasteiger partial charge in [-0.2, -0.15) is 0 Å². The Morgan fingerprint density at radius 3 is 1.71 bits per heavy atom. The standard InChI is InChI=1S/C23H21O7P/c1-28-23(26)20-14-8-13-19(22(24)25)21(20)31(27,29-15-17-9-4-2-5-10-17)30-16-18-11-6-3-7-12-18/h2-14H,15-16H2,1H3,(H,24,25). The fourth-order valence-electron chi connectivity index (χ4n) is 2.92. The number of carboxylic acids is 1. The summed E-state index contributed by atoms with van der Waals surface area (Å²) in [7, 11) is -3.13. The molecule has 3 aromatic carbocycles. The summed E-state index contributed by atoms with van der Waals surface area (Å²) >= 11 is 0. The quantitative estimate of drug-likeness (QED) is 0.388. The Kier molecular flexibility index (Phi) is 7.36. The van der Waals surface area contributed by atoms with Crippen LogP contribution in [-0.4, -0.2) is 24.2 Å². The summed E-state index contributed by atoms with van der Waals surface area (Å²) < 4.78 is 30.2. The molecule has 1 N–H and O–H groups in total. The molecule has 3 aromatic rings. The van der Waals surface area contributed by atoms with E-state index < -0.39 is 19.5 Å². The summed E-state index contributed by atoms with van der Waals surface area (Å²) in [6, 6.07) is 21.8. The molecule has 0 unspecified atom stereocenters. The van der Waals surface area contributed by atoms with Crippen LogP contribution in [0.3, 0.4) is 0 Å². The van der Waals surface area contributed by atoms with Gasteiger partial charge in [0.25, 0.3) is 0 Å². The van der Waals surface area contributed by atoms with Gasteiger partial charge in [0.15, 0.2) is 0 Å². The Bertz CT molecular complexity index is 1050. The molecule has 0 aliphatic carbocycles. The van der Waals surface area contributed by atoms with Gasteiger partial charge in [-0.25, -0.2) is 9.59 Å². The number of hydrogen-bond acceptors (Lipinski definition) is 6. The maximum Gasteiger partial charge on any atom is 0.363 e. The van der Waals surface area contributed by atoms with E-state index in [1.807, 2.05) is 12.1 Å². The Hall–Kier alpha value is -3.25. The molecule has 0 bridgehead atoms. The van der Waals surface area contributed by atoms with Crippen LogP contribution in [0, 0.1) is 0 Å². The van der Waals surface area contributed by atoms with Crippen molar-refractivity contribution in [2.75, 3.05) is 7.11 Å². The number of esters is 1. The maximum atomic E-state index is 14.0. The minimum atomic E-state index is -4.28. The number of methoxy groups -OCH3 is 1. The van der Waals surface area contributed by atoms with Crippen LogP contribution in [0.4, 0.5) is 0 Å². The number of hydrogen-bond donors (Lipinski definition) is 1. The molecule has 0 spiro atoms. The van der Waals surface area contributed by atoms with Crippen LogP contribution in [0.1, 0.15) is 31.8 Å². The van der Waals surface area contributed by atoms with Crippen molar-refractivity contribution in [2.45, 2.75) is 13.2 Å². The van der Waals surface area contributed by atoms with Crippen LogP contribution in [0.25, 0.3) is 0 Å². The fourth-order valence-corrected chi connectivity index (χ4v) is 4.82. The topological polar surface area (TPSA) is 99.1 Å². The van der Waals surface area contributed by atoms with Gasteiger partial charge in [0.05, 0.1) is 36.8 Å². The zero-order chi connectivity index (χ0) is 22.3. The first-order valence-corrected chi connectivity index (χ1v) is 10.9. The van der Waals surface area contributed by atoms with E-state index in [9.17, 15) is 19.3 Å². The number of ether oxygens (including phenoxy) is 1. The summed E-state index contributed by atoms with van der Waals surface area (Å²) in [5, 5.41) is 9.36. The molecule has 31 heavy (non-hydrogen) atoms. The summed E-state index contributed by atoms with van der Waals surface area (Å²) in [4.78, 5) is 24.3. The van der Waals surface area contributed by atoms with Crippen molar-refractivity contribution in [1.29, 1.82) is 0 Å². The lowest BCUT2D eigenvalue weighted by molar-refractivity contribution is 0.0601. The average Bonchev–Trinajstić information content (AvgIpc) is 2.81. The highest BCUT2D eigenvalue weighted by atomic mass is 31.2. The second kappa shape index (κ2) is 10.2. The normalized spacial score (nSPS) is 11.1. The number of carboxylic acid groups (broad SMARTS) is 1. The summed E-state index contributed by atoms with van der Waals surface area (Å²) in [5.41, 5.74) is 0.871. The molecule has 0 radical (unpaired) electrons. The highest BCUT2D eigenvalue weighted by molar-refractivity contribution is 7.62. The van der Waals surface area contributed by atoms with Crippen molar-refractivity contribution in [3.05, 3.63) is 101 Å². The van der Waals surface area contributed by atoms with Crippen molar-refractivity contribution >= 4 is 24.8 Å². The summed E-state index contributed by atoms with van der Waals surface area (Å²) in [6.07, 6.45) is 0. The van der Waals surface area contributed by atoms with E-state index in [4.69, 9.17) is 13.8 Å². The molecule has 8 heteroatoms. The third kappa shape index (κ3) is 5.47. The molecular formula is C23H21O7P. The van der Waals surface area contributed by atoms with E-state index in [0.717, 1.165) is 7.11 Å². The Balaban J connectivity index is 2.07. The molecule has 160 valence electrons. The van der Waals surface area contributed by atoms with Gasteiger partial charge < -0.3 is 18.9 Å². The highest BCUT2D eigenvalue weighted by Crippen LogP contribution is 2.50. The number of rotatable bonds is 9. The second-order valence-electron chi connectivity index (χ2n) is 6.51. The molecule has 0 aromatic heterocycles. The number of carbonyl (C=O) groups excluding carboxylic acids is 1. The number of carbonyl (C=O) groups is 2. The smallest absolute Gasteiger partial charge is 0.363 e. The van der Waals surface area contributed by atoms with Crippen molar-refractivity contribution in [1.82, 2.24) is 0 Å². The van der Waals surface area contributed by atoms with Gasteiger partial charge in [0, 0.05) is 0 Å². The lowest BCUT2D eigenvalue weighted by Gasteiger charge is -2.22. The Morgan fingerprint density at radius 2 is 1.26 bits per heavy atom. The van der Waals surface area contributed by atoms with Crippen LogP contribution in [0.15, 0.2) is 78.9 Å². The zero-order valence-corrected chi connectivity index (χ0v) is 17.7. The van der Waals surface area contributed by atoms with Gasteiger partial charge in [0.2, 0.25) is 0 Å². The molecule has 0 fully saturated rings. The van der Waals surface area contributed by atoms with Crippen LogP contribution < -0.4 is 5.30 Å². The fraction of sp³-hybridized carbons (Fsp3) is 0.130. The SMILES string of the molecule is COC(=O)c1cccc(C(=O)O)c1P(=O)(OCc1ccccc1)OCc1ccccc1. The molecule has 0 heterocycles. The largest absolute Gasteiger partial charge is 0.478 e. The van der Waals surface area contributed by atoms with E-state index in [2.05, 4.69) is 0 Å². The van der Waals surface area contributed by atoms with Crippen LogP contribution in [0.2, 0.25) is 0 Å². The van der Waals surface area contributed by atoms with Gasteiger partial charge in [-0.1, -0.05) is 66.7 Å². The molecule has 0 aliphatic rings. The second-order valence-corrected chi connectivity index (χ2v) is 8.47. The minimum absolute atomic E-state index is 0.110. The molecule has 3 rings (SSSR count). The Labute approximate surface area is 179 Å². The lowest BCUT2D eigenvalue weighted by atomic mass is 10.1. The predicted molar refractivity (Wildman–Crippen MR) is 114 cm³/mol. The van der Waals surface area contributed by atoms with Crippen molar-refractivity contribution < 1.29 is 33.0 Å². The van der Waals surface area contributed by atoms with Crippen molar-refractivity contribution in [2.24, 2.45) is 0 Å². The van der Waals surface area contributed by atoms with Gasteiger partial charge >= 0.3 is 19.5 Å². The molecule has 0 amide bonds. The third-order valence-corrected chi connectivity index (χ3v) is 6.40. The maximum absolute atomic E-state index is 14.0. The van der Waals surface area contributed by atoms with E-state index in [1.165, 1.54) is 18.2 Å². The van der Waals surface area contributed by atoms with E-state index in [-0.39, 0.29) is 29.6 Å². The summed E-state index contributed by atoms with van der Waals surface area (Å²) in [5.74, 6) is -2.21. The average molecular weight is 440 g/mol. The van der Waals surface area contributed by atoms with Gasteiger partial charge in [-0.15, -0.1) is 0 Å². The first-order chi connectivity index (χ1) is 14.9. The molecule has 7 nitrogen and oxygen atoms in total. The Morgan fingerprint density at radius 1 is 0.774 bits per heavy atom. The molecule has 0 aliphatic heterocycles. The molecule has 0 saturated carbocycles. The minimum Gasteiger partial charge on any atom is -0.478 e. The van der Waals surface area contributed by atoms with E-state index >= 15 is 0 Å². The first-order valence-electron chi connectivity index (χ1n) is 9.37. The predicted octanol–water partition coefficient (Wildman–Crippen LogP) is 4.42. The number of aromatic carboxylic acids is 1. The van der Waals surface area contributed by atoms with Crippen molar-refractivity contribution in [3.8, 4) is 0 Å². The highest BCUT2D eigenvalue weighted by Gasteiger charge is 2.37. The monoisotopic (exact) mass is 440 g/mol. The van der Waals surface area contributed by atoms with E-state index in [0.29, 0.717) is 11.1 Å². The molecule has 0 atom stereocenters. The van der Waals surface area contributed by atoms with Crippen molar-refractivity contribution in [3.63, 3.8) is 0 Å².